The van der Waals surface area contributed by atoms with Gasteiger partial charge in [0.25, 0.3) is 0 Å². The second-order valence-electron chi connectivity index (χ2n) is 6.82. The predicted octanol–water partition coefficient (Wildman–Crippen LogP) is 3.74. The van der Waals surface area contributed by atoms with Gasteiger partial charge in [0.1, 0.15) is 0 Å². The first-order valence-electron chi connectivity index (χ1n) is 8.59. The van der Waals surface area contributed by atoms with Gasteiger partial charge in [-0.3, -0.25) is 4.79 Å². The van der Waals surface area contributed by atoms with Crippen molar-refractivity contribution in [2.75, 3.05) is 6.54 Å². The third-order valence-corrected chi connectivity index (χ3v) is 4.63. The van der Waals surface area contributed by atoms with Crippen molar-refractivity contribution in [3.63, 3.8) is 0 Å². The highest BCUT2D eigenvalue weighted by Crippen LogP contribution is 2.24. The molecule has 1 fully saturated rings. The summed E-state index contributed by atoms with van der Waals surface area (Å²) in [6.07, 6.45) is 5.30. The molecule has 1 heterocycles. The summed E-state index contributed by atoms with van der Waals surface area (Å²) in [5, 5.41) is 9.21. The normalized spacial score (nSPS) is 17.7. The van der Waals surface area contributed by atoms with E-state index in [0.717, 1.165) is 37.8 Å². The molecule has 23 heavy (non-hydrogen) atoms. The number of aromatic carboxylic acids is 1. The SMILES string of the molecule is CC(C)CCC1CCCN1C(=O)CCc1ccccc1C(=O)O. The van der Waals surface area contributed by atoms with E-state index in [-0.39, 0.29) is 5.91 Å². The number of carboxylic acid groups (broad SMARTS) is 1. The lowest BCUT2D eigenvalue weighted by Gasteiger charge is -2.25. The van der Waals surface area contributed by atoms with Gasteiger partial charge in [-0.2, -0.15) is 0 Å². The molecule has 126 valence electrons. The Labute approximate surface area is 138 Å². The number of benzene rings is 1. The van der Waals surface area contributed by atoms with E-state index in [1.807, 2.05) is 11.0 Å². The van der Waals surface area contributed by atoms with E-state index in [2.05, 4.69) is 13.8 Å². The standard InChI is InChI=1S/C19H27NO3/c1-14(2)9-11-16-7-5-13-20(16)18(21)12-10-15-6-3-4-8-17(15)19(22)23/h3-4,6,8,14,16H,5,7,9-13H2,1-2H3,(H,22,23). The Kier molecular flexibility index (Phi) is 6.20. The third kappa shape index (κ3) is 4.81. The van der Waals surface area contributed by atoms with Crippen molar-refractivity contribution in [3.8, 4) is 0 Å². The second kappa shape index (κ2) is 8.14. The van der Waals surface area contributed by atoms with Gasteiger partial charge in [-0.05, 0) is 49.7 Å². The van der Waals surface area contributed by atoms with Crippen molar-refractivity contribution >= 4 is 11.9 Å². The molecule has 0 aromatic heterocycles. The second-order valence-corrected chi connectivity index (χ2v) is 6.82. The number of amides is 1. The fraction of sp³-hybridized carbons (Fsp3) is 0.579. The molecular weight excluding hydrogens is 290 g/mol. The van der Waals surface area contributed by atoms with E-state index in [9.17, 15) is 14.7 Å². The Bertz CT molecular complexity index is 553. The molecule has 1 aromatic rings. The summed E-state index contributed by atoms with van der Waals surface area (Å²) < 4.78 is 0. The van der Waals surface area contributed by atoms with Crippen LogP contribution in [-0.4, -0.2) is 34.5 Å². The van der Waals surface area contributed by atoms with Crippen LogP contribution in [0.15, 0.2) is 24.3 Å². The average Bonchev–Trinajstić information content (AvgIpc) is 2.99. The van der Waals surface area contributed by atoms with Gasteiger partial charge in [0.05, 0.1) is 5.56 Å². The Balaban J connectivity index is 1.93. The van der Waals surface area contributed by atoms with E-state index in [1.54, 1.807) is 18.2 Å². The molecule has 4 heteroatoms. The number of hydrogen-bond donors (Lipinski definition) is 1. The first-order chi connectivity index (χ1) is 11.0. The van der Waals surface area contributed by atoms with Crippen LogP contribution in [-0.2, 0) is 11.2 Å². The fourth-order valence-corrected chi connectivity index (χ4v) is 3.32. The number of likely N-dealkylation sites (tertiary alicyclic amines) is 1. The Morgan fingerprint density at radius 2 is 2.04 bits per heavy atom. The van der Waals surface area contributed by atoms with Gasteiger partial charge in [-0.25, -0.2) is 4.79 Å². The zero-order valence-electron chi connectivity index (χ0n) is 14.1. The number of nitrogens with zero attached hydrogens (tertiary/aromatic N) is 1. The van der Waals surface area contributed by atoms with E-state index in [4.69, 9.17) is 0 Å². The highest BCUT2D eigenvalue weighted by molar-refractivity contribution is 5.89. The third-order valence-electron chi connectivity index (χ3n) is 4.63. The van der Waals surface area contributed by atoms with Crippen LogP contribution >= 0.6 is 0 Å². The molecule has 1 N–H and O–H groups in total. The van der Waals surface area contributed by atoms with Crippen LogP contribution in [0.4, 0.5) is 0 Å². The molecular formula is C19H27NO3. The van der Waals surface area contributed by atoms with E-state index < -0.39 is 5.97 Å². The lowest BCUT2D eigenvalue weighted by atomic mass is 10.0. The van der Waals surface area contributed by atoms with Gasteiger partial charge in [0, 0.05) is 19.0 Å². The maximum Gasteiger partial charge on any atom is 0.335 e. The first-order valence-corrected chi connectivity index (χ1v) is 8.59. The minimum absolute atomic E-state index is 0.163. The molecule has 2 rings (SSSR count). The molecule has 0 radical (unpaired) electrons. The molecule has 0 bridgehead atoms. The molecule has 1 saturated heterocycles. The predicted molar refractivity (Wildman–Crippen MR) is 90.5 cm³/mol. The van der Waals surface area contributed by atoms with Crippen LogP contribution in [0.5, 0.6) is 0 Å². The summed E-state index contributed by atoms with van der Waals surface area (Å²) in [6, 6.07) is 7.32. The van der Waals surface area contributed by atoms with Crippen molar-refractivity contribution in [2.24, 2.45) is 5.92 Å². The molecule has 4 nitrogen and oxygen atoms in total. The van der Waals surface area contributed by atoms with Gasteiger partial charge in [0.2, 0.25) is 5.91 Å². The van der Waals surface area contributed by atoms with Crippen molar-refractivity contribution < 1.29 is 14.7 Å². The summed E-state index contributed by atoms with van der Waals surface area (Å²) >= 11 is 0. The number of carbonyl (C=O) groups is 2. The van der Waals surface area contributed by atoms with Gasteiger partial charge in [0.15, 0.2) is 0 Å². The highest BCUT2D eigenvalue weighted by atomic mass is 16.4. The smallest absolute Gasteiger partial charge is 0.335 e. The molecule has 0 saturated carbocycles. The molecule has 1 atom stereocenters. The summed E-state index contributed by atoms with van der Waals surface area (Å²) in [4.78, 5) is 25.8. The quantitative estimate of drug-likeness (QED) is 0.833. The van der Waals surface area contributed by atoms with Crippen LogP contribution in [0.3, 0.4) is 0 Å². The van der Waals surface area contributed by atoms with Gasteiger partial charge in [-0.1, -0.05) is 32.0 Å². The van der Waals surface area contributed by atoms with E-state index in [0.29, 0.717) is 30.4 Å². The lowest BCUT2D eigenvalue weighted by Crippen LogP contribution is -2.35. The van der Waals surface area contributed by atoms with Gasteiger partial charge >= 0.3 is 5.97 Å². The summed E-state index contributed by atoms with van der Waals surface area (Å²) in [5.74, 6) is -0.101. The lowest BCUT2D eigenvalue weighted by molar-refractivity contribution is -0.132. The summed E-state index contributed by atoms with van der Waals surface area (Å²) in [6.45, 7) is 5.27. The summed E-state index contributed by atoms with van der Waals surface area (Å²) in [5.41, 5.74) is 1.05. The van der Waals surface area contributed by atoms with Crippen molar-refractivity contribution in [1.82, 2.24) is 4.90 Å². The molecule has 0 spiro atoms. The van der Waals surface area contributed by atoms with Gasteiger partial charge in [-0.15, -0.1) is 0 Å². The van der Waals surface area contributed by atoms with Crippen molar-refractivity contribution in [1.29, 1.82) is 0 Å². The van der Waals surface area contributed by atoms with Crippen LogP contribution in [0, 0.1) is 5.92 Å². The van der Waals surface area contributed by atoms with Crippen LogP contribution in [0.2, 0.25) is 0 Å². The minimum atomic E-state index is -0.927. The number of rotatable bonds is 7. The Morgan fingerprint density at radius 3 is 2.74 bits per heavy atom. The number of carboxylic acids is 1. The van der Waals surface area contributed by atoms with Crippen LogP contribution < -0.4 is 0 Å². The van der Waals surface area contributed by atoms with E-state index >= 15 is 0 Å². The van der Waals surface area contributed by atoms with E-state index in [1.165, 1.54) is 0 Å². The molecule has 1 aliphatic rings. The molecule has 0 aliphatic carbocycles. The maximum absolute atomic E-state index is 12.5. The largest absolute Gasteiger partial charge is 0.478 e. The number of carbonyl (C=O) groups excluding carboxylic acids is 1. The zero-order chi connectivity index (χ0) is 16.8. The highest BCUT2D eigenvalue weighted by Gasteiger charge is 2.28. The number of hydrogen-bond acceptors (Lipinski definition) is 2. The Hall–Kier alpha value is -1.84. The van der Waals surface area contributed by atoms with Crippen molar-refractivity contribution in [3.05, 3.63) is 35.4 Å². The monoisotopic (exact) mass is 317 g/mol. The summed E-state index contributed by atoms with van der Waals surface area (Å²) in [7, 11) is 0. The zero-order valence-corrected chi connectivity index (χ0v) is 14.1. The molecule has 1 aromatic carbocycles. The van der Waals surface area contributed by atoms with Gasteiger partial charge < -0.3 is 10.0 Å². The molecule has 1 amide bonds. The maximum atomic E-state index is 12.5. The van der Waals surface area contributed by atoms with Crippen LogP contribution in [0.25, 0.3) is 0 Å². The topological polar surface area (TPSA) is 57.6 Å². The Morgan fingerprint density at radius 1 is 1.30 bits per heavy atom. The van der Waals surface area contributed by atoms with Crippen molar-refractivity contribution in [2.45, 2.75) is 58.4 Å². The average molecular weight is 317 g/mol. The molecule has 1 aliphatic heterocycles. The first kappa shape index (κ1) is 17.5. The number of aryl methyl sites for hydroxylation is 1. The fourth-order valence-electron chi connectivity index (χ4n) is 3.32. The minimum Gasteiger partial charge on any atom is -0.478 e. The molecule has 1 unspecified atom stereocenters. The van der Waals surface area contributed by atoms with Crippen LogP contribution in [0.1, 0.15) is 61.9 Å².